The highest BCUT2D eigenvalue weighted by atomic mass is 127. The lowest BCUT2D eigenvalue weighted by molar-refractivity contribution is -0.384. The van der Waals surface area contributed by atoms with Crippen LogP contribution in [0.5, 0.6) is 5.75 Å². The van der Waals surface area contributed by atoms with Crippen LogP contribution >= 0.6 is 22.6 Å². The van der Waals surface area contributed by atoms with Crippen LogP contribution in [-0.4, -0.2) is 17.4 Å². The van der Waals surface area contributed by atoms with Crippen LogP contribution in [0.15, 0.2) is 36.4 Å². The number of carbonyl (C=O) groups excluding carboxylic acids is 1. The van der Waals surface area contributed by atoms with Gasteiger partial charge in [0.2, 0.25) is 0 Å². The van der Waals surface area contributed by atoms with Crippen LogP contribution in [0.4, 0.5) is 11.4 Å². The molecular formula is C16H15IN2O4. The number of nitro benzene ring substituents is 1. The quantitative estimate of drug-likeness (QED) is 0.448. The van der Waals surface area contributed by atoms with Gasteiger partial charge in [-0.25, -0.2) is 0 Å². The SMILES string of the molecule is Cc1cc(NC(=O)COc2ccc([N+](=O)[O-])cc2)c(C)cc1I. The maximum absolute atomic E-state index is 12.0. The first-order valence-corrected chi connectivity index (χ1v) is 7.88. The van der Waals surface area contributed by atoms with Crippen LogP contribution in [0.3, 0.4) is 0 Å². The third-order valence-electron chi connectivity index (χ3n) is 3.20. The lowest BCUT2D eigenvalue weighted by Crippen LogP contribution is -2.20. The zero-order chi connectivity index (χ0) is 17.0. The van der Waals surface area contributed by atoms with Crippen molar-refractivity contribution in [2.24, 2.45) is 0 Å². The minimum Gasteiger partial charge on any atom is -0.484 e. The maximum Gasteiger partial charge on any atom is 0.269 e. The predicted octanol–water partition coefficient (Wildman–Crippen LogP) is 3.83. The second kappa shape index (κ2) is 7.40. The molecule has 0 aliphatic carbocycles. The molecule has 0 unspecified atom stereocenters. The molecule has 1 N–H and O–H groups in total. The Bertz CT molecular complexity index is 744. The molecule has 0 saturated heterocycles. The fraction of sp³-hybridized carbons (Fsp3) is 0.188. The number of amides is 1. The van der Waals surface area contributed by atoms with Gasteiger partial charge in [-0.3, -0.25) is 14.9 Å². The number of nitro groups is 1. The number of non-ortho nitro benzene ring substituents is 1. The van der Waals surface area contributed by atoms with E-state index in [1.807, 2.05) is 26.0 Å². The zero-order valence-electron chi connectivity index (χ0n) is 12.6. The summed E-state index contributed by atoms with van der Waals surface area (Å²) in [5.41, 5.74) is 2.79. The minimum absolute atomic E-state index is 0.0215. The lowest BCUT2D eigenvalue weighted by Gasteiger charge is -2.11. The molecule has 1 amide bonds. The van der Waals surface area contributed by atoms with Gasteiger partial charge >= 0.3 is 0 Å². The molecule has 0 aliphatic rings. The van der Waals surface area contributed by atoms with Crippen LogP contribution in [0.2, 0.25) is 0 Å². The number of halogens is 1. The Morgan fingerprint density at radius 2 is 1.87 bits per heavy atom. The molecule has 0 bridgehead atoms. The highest BCUT2D eigenvalue weighted by Crippen LogP contribution is 2.22. The van der Waals surface area contributed by atoms with Crippen molar-refractivity contribution < 1.29 is 14.5 Å². The second-order valence-electron chi connectivity index (χ2n) is 5.00. The number of nitrogens with one attached hydrogen (secondary N) is 1. The topological polar surface area (TPSA) is 81.5 Å². The van der Waals surface area contributed by atoms with Gasteiger partial charge in [-0.1, -0.05) is 0 Å². The Kier molecular flexibility index (Phi) is 5.54. The summed E-state index contributed by atoms with van der Waals surface area (Å²) in [6, 6.07) is 9.51. The fourth-order valence-electron chi connectivity index (χ4n) is 1.91. The van der Waals surface area contributed by atoms with Crippen LogP contribution in [-0.2, 0) is 4.79 Å². The molecule has 7 heteroatoms. The summed E-state index contributed by atoms with van der Waals surface area (Å²) in [6.45, 7) is 3.74. The van der Waals surface area contributed by atoms with Gasteiger partial charge in [0, 0.05) is 21.4 Å². The molecule has 6 nitrogen and oxygen atoms in total. The second-order valence-corrected chi connectivity index (χ2v) is 6.17. The summed E-state index contributed by atoms with van der Waals surface area (Å²) in [7, 11) is 0. The summed E-state index contributed by atoms with van der Waals surface area (Å²) in [5.74, 6) is 0.119. The largest absolute Gasteiger partial charge is 0.484 e. The first-order chi connectivity index (χ1) is 10.9. The van der Waals surface area contributed by atoms with E-state index in [9.17, 15) is 14.9 Å². The van der Waals surface area contributed by atoms with Crippen molar-refractivity contribution in [2.75, 3.05) is 11.9 Å². The first kappa shape index (κ1) is 17.2. The number of hydrogen-bond acceptors (Lipinski definition) is 4. The molecule has 0 spiro atoms. The summed E-state index contributed by atoms with van der Waals surface area (Å²) in [4.78, 5) is 22.0. The summed E-state index contributed by atoms with van der Waals surface area (Å²) >= 11 is 2.25. The first-order valence-electron chi connectivity index (χ1n) is 6.80. The summed E-state index contributed by atoms with van der Waals surface area (Å²) < 4.78 is 6.47. The van der Waals surface area contributed by atoms with E-state index in [1.54, 1.807) is 0 Å². The van der Waals surface area contributed by atoms with Gasteiger partial charge in [0.25, 0.3) is 11.6 Å². The van der Waals surface area contributed by atoms with Gasteiger partial charge in [-0.15, -0.1) is 0 Å². The molecule has 2 aromatic rings. The minimum atomic E-state index is -0.488. The number of hydrogen-bond donors (Lipinski definition) is 1. The number of rotatable bonds is 5. The van der Waals surface area contributed by atoms with Crippen molar-refractivity contribution in [3.05, 3.63) is 61.2 Å². The van der Waals surface area contributed by atoms with E-state index in [1.165, 1.54) is 24.3 Å². The number of ether oxygens (including phenoxy) is 1. The van der Waals surface area contributed by atoms with E-state index >= 15 is 0 Å². The molecule has 23 heavy (non-hydrogen) atoms. The number of carbonyl (C=O) groups is 1. The van der Waals surface area contributed by atoms with E-state index in [0.29, 0.717) is 5.75 Å². The van der Waals surface area contributed by atoms with Crippen LogP contribution < -0.4 is 10.1 Å². The molecule has 2 aromatic carbocycles. The van der Waals surface area contributed by atoms with Gasteiger partial charge in [0.15, 0.2) is 6.61 Å². The van der Waals surface area contributed by atoms with Gasteiger partial charge in [0.05, 0.1) is 4.92 Å². The molecule has 0 aromatic heterocycles. The molecule has 0 aliphatic heterocycles. The van der Waals surface area contributed by atoms with E-state index in [2.05, 4.69) is 27.9 Å². The molecule has 0 fully saturated rings. The van der Waals surface area contributed by atoms with E-state index in [4.69, 9.17) is 4.74 Å². The Balaban J connectivity index is 1.95. The van der Waals surface area contributed by atoms with Crippen molar-refractivity contribution in [3.63, 3.8) is 0 Å². The lowest BCUT2D eigenvalue weighted by atomic mass is 10.1. The Labute approximate surface area is 147 Å². The van der Waals surface area contributed by atoms with Gasteiger partial charge < -0.3 is 10.1 Å². The zero-order valence-corrected chi connectivity index (χ0v) is 14.8. The van der Waals surface area contributed by atoms with E-state index in [0.717, 1.165) is 20.4 Å². The van der Waals surface area contributed by atoms with Crippen molar-refractivity contribution in [1.29, 1.82) is 0 Å². The van der Waals surface area contributed by atoms with Crippen LogP contribution in [0.25, 0.3) is 0 Å². The number of aryl methyl sites for hydroxylation is 2. The smallest absolute Gasteiger partial charge is 0.269 e. The molecule has 2 rings (SSSR count). The molecule has 120 valence electrons. The van der Waals surface area contributed by atoms with Gasteiger partial charge in [0.1, 0.15) is 5.75 Å². The van der Waals surface area contributed by atoms with Crippen LogP contribution in [0, 0.1) is 27.5 Å². The van der Waals surface area contributed by atoms with Gasteiger partial charge in [-0.2, -0.15) is 0 Å². The van der Waals surface area contributed by atoms with Crippen LogP contribution in [0.1, 0.15) is 11.1 Å². The molecule has 0 heterocycles. The van der Waals surface area contributed by atoms with Gasteiger partial charge in [-0.05, 0) is 71.8 Å². The molecule has 0 saturated carbocycles. The average Bonchev–Trinajstić information content (AvgIpc) is 2.51. The van der Waals surface area contributed by atoms with E-state index < -0.39 is 4.92 Å². The normalized spacial score (nSPS) is 10.2. The van der Waals surface area contributed by atoms with Crippen molar-refractivity contribution in [2.45, 2.75) is 13.8 Å². The average molecular weight is 426 g/mol. The third kappa shape index (κ3) is 4.65. The Morgan fingerprint density at radius 3 is 2.48 bits per heavy atom. The molecular weight excluding hydrogens is 411 g/mol. The number of nitrogens with zero attached hydrogens (tertiary/aromatic N) is 1. The van der Waals surface area contributed by atoms with Crippen molar-refractivity contribution >= 4 is 39.9 Å². The summed E-state index contributed by atoms with van der Waals surface area (Å²) in [5, 5.41) is 13.4. The fourth-order valence-corrected chi connectivity index (χ4v) is 2.54. The van der Waals surface area contributed by atoms with Crippen molar-refractivity contribution in [1.82, 2.24) is 0 Å². The third-order valence-corrected chi connectivity index (χ3v) is 4.36. The number of anilines is 1. The molecule has 0 atom stereocenters. The number of benzene rings is 2. The highest BCUT2D eigenvalue weighted by Gasteiger charge is 2.09. The monoisotopic (exact) mass is 426 g/mol. The van der Waals surface area contributed by atoms with Crippen molar-refractivity contribution in [3.8, 4) is 5.75 Å². The molecule has 0 radical (unpaired) electrons. The standard InChI is InChI=1S/C16H15IN2O4/c1-10-8-15(11(2)7-14(10)17)18-16(20)9-23-13-5-3-12(4-6-13)19(21)22/h3-8H,9H2,1-2H3,(H,18,20). The highest BCUT2D eigenvalue weighted by molar-refractivity contribution is 14.1. The Morgan fingerprint density at radius 1 is 1.22 bits per heavy atom. The van der Waals surface area contributed by atoms with E-state index in [-0.39, 0.29) is 18.2 Å². The Hall–Kier alpha value is -2.16. The summed E-state index contributed by atoms with van der Waals surface area (Å²) in [6.07, 6.45) is 0. The maximum atomic E-state index is 12.0. The predicted molar refractivity (Wildman–Crippen MR) is 95.9 cm³/mol.